The molecule has 4 nitrogen and oxygen atoms in total. The summed E-state index contributed by atoms with van der Waals surface area (Å²) in [6, 6.07) is 0.855. The van der Waals surface area contributed by atoms with E-state index in [4.69, 9.17) is 4.74 Å². The quantitative estimate of drug-likeness (QED) is 0.806. The van der Waals surface area contributed by atoms with E-state index in [9.17, 15) is 4.79 Å². The van der Waals surface area contributed by atoms with Crippen LogP contribution in [0, 0.1) is 5.41 Å². The number of nitrogens with one attached hydrogen (secondary N) is 2. The average molecular weight is 268 g/mol. The number of amides is 1. The minimum Gasteiger partial charge on any atom is -0.444 e. The molecule has 0 heterocycles. The van der Waals surface area contributed by atoms with Gasteiger partial charge in [-0.15, -0.1) is 0 Å². The van der Waals surface area contributed by atoms with E-state index in [1.54, 1.807) is 0 Å². The molecule has 4 heteroatoms. The van der Waals surface area contributed by atoms with Crippen LogP contribution in [0.25, 0.3) is 0 Å². The maximum atomic E-state index is 11.6. The highest BCUT2D eigenvalue weighted by atomic mass is 16.6. The van der Waals surface area contributed by atoms with E-state index in [2.05, 4.69) is 17.6 Å². The summed E-state index contributed by atoms with van der Waals surface area (Å²) in [7, 11) is 0. The molecular weight excluding hydrogens is 240 g/mol. The second-order valence-corrected chi connectivity index (χ2v) is 7.25. The summed E-state index contributed by atoms with van der Waals surface area (Å²) in [5, 5.41) is 6.56. The van der Waals surface area contributed by atoms with Gasteiger partial charge in [0.05, 0.1) is 0 Å². The Hall–Kier alpha value is -0.770. The third-order valence-corrected chi connectivity index (χ3v) is 4.33. The fourth-order valence-corrected chi connectivity index (χ4v) is 2.57. The maximum absolute atomic E-state index is 11.6. The van der Waals surface area contributed by atoms with Crippen LogP contribution in [0.3, 0.4) is 0 Å². The lowest BCUT2D eigenvalue weighted by atomic mass is 9.86. The van der Waals surface area contributed by atoms with Gasteiger partial charge >= 0.3 is 6.09 Å². The van der Waals surface area contributed by atoms with Gasteiger partial charge in [-0.2, -0.15) is 0 Å². The van der Waals surface area contributed by atoms with Crippen LogP contribution in [-0.2, 0) is 4.74 Å². The molecule has 0 unspecified atom stereocenters. The Morgan fingerprint density at radius 2 is 1.89 bits per heavy atom. The first-order chi connectivity index (χ1) is 8.82. The average Bonchev–Trinajstić information content (AvgIpc) is 2.99. The first kappa shape index (κ1) is 14.6. The van der Waals surface area contributed by atoms with Crippen molar-refractivity contribution in [1.82, 2.24) is 10.6 Å². The molecule has 19 heavy (non-hydrogen) atoms. The highest BCUT2D eigenvalue weighted by molar-refractivity contribution is 5.68. The zero-order valence-electron chi connectivity index (χ0n) is 12.7. The molecule has 0 aliphatic heterocycles. The first-order valence-corrected chi connectivity index (χ1v) is 7.55. The van der Waals surface area contributed by atoms with E-state index in [1.165, 1.54) is 19.3 Å². The zero-order valence-corrected chi connectivity index (χ0v) is 12.7. The maximum Gasteiger partial charge on any atom is 0.407 e. The number of carbonyl (C=O) groups is 1. The Balaban J connectivity index is 1.57. The van der Waals surface area contributed by atoms with Gasteiger partial charge in [-0.05, 0) is 58.3 Å². The predicted molar refractivity (Wildman–Crippen MR) is 76.1 cm³/mol. The summed E-state index contributed by atoms with van der Waals surface area (Å²) in [6.07, 6.45) is 5.80. The number of alkyl carbamates (subject to hydrolysis) is 1. The minimum atomic E-state index is -0.412. The molecule has 2 rings (SSSR count). The lowest BCUT2D eigenvalue weighted by molar-refractivity contribution is 0.0464. The molecule has 0 spiro atoms. The molecule has 0 saturated heterocycles. The normalized spacial score (nSPS) is 28.4. The largest absolute Gasteiger partial charge is 0.444 e. The van der Waals surface area contributed by atoms with Gasteiger partial charge in [0.15, 0.2) is 0 Å². The van der Waals surface area contributed by atoms with Crippen molar-refractivity contribution in [2.45, 2.75) is 77.5 Å². The zero-order chi connectivity index (χ0) is 14.1. The van der Waals surface area contributed by atoms with Gasteiger partial charge in [-0.25, -0.2) is 4.79 Å². The van der Waals surface area contributed by atoms with Gasteiger partial charge in [0.25, 0.3) is 0 Å². The summed E-state index contributed by atoms with van der Waals surface area (Å²) in [4.78, 5) is 11.6. The number of rotatable bonds is 5. The molecule has 110 valence electrons. The molecule has 2 aliphatic carbocycles. The van der Waals surface area contributed by atoms with E-state index >= 15 is 0 Å². The summed E-state index contributed by atoms with van der Waals surface area (Å²) >= 11 is 0. The Morgan fingerprint density at radius 1 is 1.26 bits per heavy atom. The van der Waals surface area contributed by atoms with Crippen LogP contribution < -0.4 is 10.6 Å². The number of carbonyl (C=O) groups excluding carboxylic acids is 1. The minimum absolute atomic E-state index is 0.282. The standard InChI is InChI=1S/C15H28N2O2/c1-5-15(6-7-15)10-16-11-8-12(9-11)17-13(18)19-14(2,3)4/h11-12,16H,5-10H2,1-4H3,(H,17,18). The number of ether oxygens (including phenoxy) is 1. The molecule has 0 aromatic carbocycles. The van der Waals surface area contributed by atoms with Crippen molar-refractivity contribution in [3.05, 3.63) is 0 Å². The summed E-state index contributed by atoms with van der Waals surface area (Å²) in [5.74, 6) is 0. The Bertz CT molecular complexity index is 326. The monoisotopic (exact) mass is 268 g/mol. The number of hydrogen-bond acceptors (Lipinski definition) is 3. The Kier molecular flexibility index (Phi) is 4.09. The van der Waals surface area contributed by atoms with Crippen LogP contribution in [-0.4, -0.2) is 30.3 Å². The first-order valence-electron chi connectivity index (χ1n) is 7.55. The van der Waals surface area contributed by atoms with E-state index in [0.29, 0.717) is 11.5 Å². The smallest absolute Gasteiger partial charge is 0.407 e. The van der Waals surface area contributed by atoms with Crippen LogP contribution in [0.1, 0.15) is 59.8 Å². The fourth-order valence-electron chi connectivity index (χ4n) is 2.57. The van der Waals surface area contributed by atoms with E-state index in [1.807, 2.05) is 20.8 Å². The SMILES string of the molecule is CCC1(CNC2CC(NC(=O)OC(C)(C)C)C2)CC1. The molecule has 0 radical (unpaired) electrons. The molecule has 2 saturated carbocycles. The van der Waals surface area contributed by atoms with Crippen LogP contribution in [0.2, 0.25) is 0 Å². The van der Waals surface area contributed by atoms with Gasteiger partial charge in [0, 0.05) is 18.6 Å². The fraction of sp³-hybridized carbons (Fsp3) is 0.933. The second-order valence-electron chi connectivity index (χ2n) is 7.25. The lowest BCUT2D eigenvalue weighted by Gasteiger charge is -2.37. The third kappa shape index (κ3) is 4.37. The van der Waals surface area contributed by atoms with Crippen molar-refractivity contribution in [2.24, 2.45) is 5.41 Å². The molecule has 0 atom stereocenters. The summed E-state index contributed by atoms with van der Waals surface area (Å²) in [5.41, 5.74) is 0.189. The van der Waals surface area contributed by atoms with E-state index < -0.39 is 5.60 Å². The second kappa shape index (κ2) is 5.31. The van der Waals surface area contributed by atoms with Crippen molar-refractivity contribution in [3.8, 4) is 0 Å². The predicted octanol–water partition coefficient (Wildman–Crippen LogP) is 2.82. The molecule has 2 N–H and O–H groups in total. The highest BCUT2D eigenvalue weighted by Crippen LogP contribution is 2.48. The van der Waals surface area contributed by atoms with Crippen molar-refractivity contribution in [1.29, 1.82) is 0 Å². The van der Waals surface area contributed by atoms with Crippen molar-refractivity contribution < 1.29 is 9.53 Å². The summed E-state index contributed by atoms with van der Waals surface area (Å²) < 4.78 is 5.25. The van der Waals surface area contributed by atoms with Crippen LogP contribution in [0.4, 0.5) is 4.79 Å². The molecule has 2 fully saturated rings. The highest BCUT2D eigenvalue weighted by Gasteiger charge is 2.41. The van der Waals surface area contributed by atoms with Crippen LogP contribution in [0.5, 0.6) is 0 Å². The molecular formula is C15H28N2O2. The van der Waals surface area contributed by atoms with Crippen molar-refractivity contribution in [3.63, 3.8) is 0 Å². The van der Waals surface area contributed by atoms with E-state index in [0.717, 1.165) is 19.4 Å². The molecule has 0 aromatic heterocycles. The molecule has 1 amide bonds. The van der Waals surface area contributed by atoms with Gasteiger partial charge in [0.1, 0.15) is 5.60 Å². The molecule has 0 aromatic rings. The Labute approximate surface area is 116 Å². The Morgan fingerprint density at radius 3 is 2.37 bits per heavy atom. The van der Waals surface area contributed by atoms with Crippen molar-refractivity contribution >= 4 is 6.09 Å². The van der Waals surface area contributed by atoms with Crippen molar-refractivity contribution in [2.75, 3.05) is 6.54 Å². The van der Waals surface area contributed by atoms with Crippen LogP contribution >= 0.6 is 0 Å². The topological polar surface area (TPSA) is 50.4 Å². The molecule has 0 bridgehead atoms. The van der Waals surface area contributed by atoms with Gasteiger partial charge in [-0.3, -0.25) is 0 Å². The molecule has 2 aliphatic rings. The van der Waals surface area contributed by atoms with E-state index in [-0.39, 0.29) is 12.1 Å². The lowest BCUT2D eigenvalue weighted by Crippen LogP contribution is -2.53. The van der Waals surface area contributed by atoms with Gasteiger partial charge in [-0.1, -0.05) is 6.92 Å². The van der Waals surface area contributed by atoms with Gasteiger partial charge in [0.2, 0.25) is 0 Å². The third-order valence-electron chi connectivity index (χ3n) is 4.33. The number of hydrogen-bond donors (Lipinski definition) is 2. The summed E-state index contributed by atoms with van der Waals surface area (Å²) in [6.45, 7) is 9.09. The van der Waals surface area contributed by atoms with Crippen LogP contribution in [0.15, 0.2) is 0 Å². The van der Waals surface area contributed by atoms with Gasteiger partial charge < -0.3 is 15.4 Å².